The summed E-state index contributed by atoms with van der Waals surface area (Å²) in [6.45, 7) is 2.63. The fourth-order valence-corrected chi connectivity index (χ4v) is 5.13. The summed E-state index contributed by atoms with van der Waals surface area (Å²) in [6, 6.07) is 14.2. The molecule has 1 heterocycles. The molecule has 0 bridgehead atoms. The highest BCUT2D eigenvalue weighted by Gasteiger charge is 2.35. The second kappa shape index (κ2) is 8.65. The second-order valence-corrected chi connectivity index (χ2v) is 9.00. The Bertz CT molecular complexity index is 924. The molecule has 1 saturated heterocycles. The third-order valence-electron chi connectivity index (χ3n) is 4.84. The van der Waals surface area contributed by atoms with E-state index in [0.29, 0.717) is 30.9 Å². The Morgan fingerprint density at radius 3 is 2.46 bits per heavy atom. The van der Waals surface area contributed by atoms with E-state index in [-0.39, 0.29) is 23.5 Å². The van der Waals surface area contributed by atoms with E-state index in [1.54, 1.807) is 30.2 Å². The average molecular weight is 404 g/mol. The molecule has 150 valence electrons. The number of amides is 1. The quantitative estimate of drug-likeness (QED) is 0.711. The number of para-hydroxylation sites is 1. The van der Waals surface area contributed by atoms with Crippen LogP contribution in [0.1, 0.15) is 29.3 Å². The molecule has 28 heavy (non-hydrogen) atoms. The van der Waals surface area contributed by atoms with Crippen molar-refractivity contribution < 1.29 is 22.7 Å². The minimum absolute atomic E-state index is 0.00824. The van der Waals surface area contributed by atoms with Gasteiger partial charge in [-0.05, 0) is 43.2 Å². The first-order valence-electron chi connectivity index (χ1n) is 9.29. The van der Waals surface area contributed by atoms with Crippen LogP contribution in [0.15, 0.2) is 48.5 Å². The molecule has 2 aromatic rings. The Morgan fingerprint density at radius 2 is 1.86 bits per heavy atom. The van der Waals surface area contributed by atoms with Gasteiger partial charge in [-0.3, -0.25) is 4.79 Å². The lowest BCUT2D eigenvalue weighted by Crippen LogP contribution is -2.40. The summed E-state index contributed by atoms with van der Waals surface area (Å²) in [6.07, 6.45) is 0.445. The summed E-state index contributed by atoms with van der Waals surface area (Å²) >= 11 is 0. The van der Waals surface area contributed by atoms with Crippen LogP contribution in [0.5, 0.6) is 11.5 Å². The first-order chi connectivity index (χ1) is 13.4. The van der Waals surface area contributed by atoms with Crippen molar-refractivity contribution in [2.75, 3.05) is 25.2 Å². The van der Waals surface area contributed by atoms with Gasteiger partial charge in [0.1, 0.15) is 11.5 Å². The smallest absolute Gasteiger partial charge is 0.258 e. The molecule has 1 atom stereocenters. The third kappa shape index (κ3) is 4.65. The number of hydrogen-bond donors (Lipinski definition) is 0. The molecule has 3 rings (SSSR count). The molecule has 0 radical (unpaired) electrons. The summed E-state index contributed by atoms with van der Waals surface area (Å²) in [7, 11) is -1.53. The van der Waals surface area contributed by atoms with Crippen LogP contribution in [-0.2, 0) is 16.4 Å². The van der Waals surface area contributed by atoms with Crippen LogP contribution in [-0.4, -0.2) is 50.5 Å². The first-order valence-corrected chi connectivity index (χ1v) is 11.1. The molecule has 1 aliphatic rings. The van der Waals surface area contributed by atoms with Gasteiger partial charge >= 0.3 is 0 Å². The highest BCUT2D eigenvalue weighted by Crippen LogP contribution is 2.26. The van der Waals surface area contributed by atoms with E-state index in [0.717, 1.165) is 11.3 Å². The maximum absolute atomic E-state index is 13.4. The van der Waals surface area contributed by atoms with Crippen LogP contribution >= 0.6 is 0 Å². The standard InChI is InChI=1S/C21H25NO5S/c1-3-27-20-7-5-4-6-19(20)21(23)22(17-12-13-28(24,25)15-17)14-16-8-10-18(26-2)11-9-16/h4-11,17H,3,12-15H2,1-2H3/t17-/m1/s1. The Labute approximate surface area is 166 Å². The third-order valence-corrected chi connectivity index (χ3v) is 6.59. The van der Waals surface area contributed by atoms with Crippen molar-refractivity contribution in [3.63, 3.8) is 0 Å². The number of methoxy groups -OCH3 is 1. The van der Waals surface area contributed by atoms with Gasteiger partial charge in [0.05, 0.1) is 30.8 Å². The molecule has 1 fully saturated rings. The van der Waals surface area contributed by atoms with Crippen LogP contribution in [0.2, 0.25) is 0 Å². The molecule has 0 saturated carbocycles. The number of ether oxygens (including phenoxy) is 2. The van der Waals surface area contributed by atoms with Crippen molar-refractivity contribution in [2.24, 2.45) is 0 Å². The Morgan fingerprint density at radius 1 is 1.14 bits per heavy atom. The molecule has 0 aliphatic carbocycles. The van der Waals surface area contributed by atoms with Crippen molar-refractivity contribution in [1.82, 2.24) is 4.90 Å². The van der Waals surface area contributed by atoms with Gasteiger partial charge in [0.2, 0.25) is 0 Å². The van der Waals surface area contributed by atoms with E-state index < -0.39 is 9.84 Å². The van der Waals surface area contributed by atoms with E-state index in [1.807, 2.05) is 37.3 Å². The van der Waals surface area contributed by atoms with Crippen molar-refractivity contribution in [2.45, 2.75) is 25.9 Å². The fraction of sp³-hybridized carbons (Fsp3) is 0.381. The summed E-state index contributed by atoms with van der Waals surface area (Å²) in [5.41, 5.74) is 1.36. The van der Waals surface area contributed by atoms with Gasteiger partial charge in [-0.1, -0.05) is 24.3 Å². The zero-order valence-electron chi connectivity index (χ0n) is 16.1. The lowest BCUT2D eigenvalue weighted by atomic mass is 10.1. The van der Waals surface area contributed by atoms with Crippen molar-refractivity contribution in [1.29, 1.82) is 0 Å². The van der Waals surface area contributed by atoms with Gasteiger partial charge in [0.15, 0.2) is 9.84 Å². The summed E-state index contributed by atoms with van der Waals surface area (Å²) in [4.78, 5) is 15.0. The number of carbonyl (C=O) groups excluding carboxylic acids is 1. The molecule has 1 amide bonds. The number of hydrogen-bond acceptors (Lipinski definition) is 5. The van der Waals surface area contributed by atoms with Gasteiger partial charge in [0.25, 0.3) is 5.91 Å². The predicted molar refractivity (Wildman–Crippen MR) is 108 cm³/mol. The van der Waals surface area contributed by atoms with E-state index in [2.05, 4.69) is 0 Å². The topological polar surface area (TPSA) is 72.9 Å². The maximum Gasteiger partial charge on any atom is 0.258 e. The number of nitrogens with zero attached hydrogens (tertiary/aromatic N) is 1. The largest absolute Gasteiger partial charge is 0.497 e. The summed E-state index contributed by atoms with van der Waals surface area (Å²) in [5, 5.41) is 0. The number of sulfone groups is 1. The van der Waals surface area contributed by atoms with Gasteiger partial charge in [-0.25, -0.2) is 8.42 Å². The van der Waals surface area contributed by atoms with Crippen LogP contribution in [0, 0.1) is 0 Å². The lowest BCUT2D eigenvalue weighted by Gasteiger charge is -2.29. The minimum Gasteiger partial charge on any atom is -0.497 e. The zero-order chi connectivity index (χ0) is 20.1. The van der Waals surface area contributed by atoms with E-state index in [4.69, 9.17) is 9.47 Å². The van der Waals surface area contributed by atoms with E-state index in [9.17, 15) is 13.2 Å². The van der Waals surface area contributed by atoms with Gasteiger partial charge in [-0.15, -0.1) is 0 Å². The SMILES string of the molecule is CCOc1ccccc1C(=O)N(Cc1ccc(OC)cc1)[C@@H]1CCS(=O)(=O)C1. The maximum atomic E-state index is 13.4. The number of rotatable bonds is 7. The van der Waals surface area contributed by atoms with Crippen LogP contribution in [0.25, 0.3) is 0 Å². The van der Waals surface area contributed by atoms with Crippen molar-refractivity contribution in [3.05, 3.63) is 59.7 Å². The van der Waals surface area contributed by atoms with Gasteiger partial charge in [-0.2, -0.15) is 0 Å². The average Bonchev–Trinajstić information content (AvgIpc) is 3.06. The molecular formula is C21H25NO5S. The Balaban J connectivity index is 1.92. The molecule has 0 aromatic heterocycles. The van der Waals surface area contributed by atoms with Crippen LogP contribution in [0.4, 0.5) is 0 Å². The fourth-order valence-electron chi connectivity index (χ4n) is 3.39. The monoisotopic (exact) mass is 403 g/mol. The Hall–Kier alpha value is -2.54. The lowest BCUT2D eigenvalue weighted by molar-refractivity contribution is 0.0676. The van der Waals surface area contributed by atoms with Crippen molar-refractivity contribution >= 4 is 15.7 Å². The van der Waals surface area contributed by atoms with Crippen LogP contribution in [0.3, 0.4) is 0 Å². The first kappa shape index (κ1) is 20.2. The minimum atomic E-state index is -3.12. The number of carbonyl (C=O) groups is 1. The van der Waals surface area contributed by atoms with E-state index >= 15 is 0 Å². The summed E-state index contributed by atoms with van der Waals surface area (Å²) < 4.78 is 34.9. The highest BCUT2D eigenvalue weighted by atomic mass is 32.2. The molecule has 0 unspecified atom stereocenters. The highest BCUT2D eigenvalue weighted by molar-refractivity contribution is 7.91. The summed E-state index contributed by atoms with van der Waals surface area (Å²) in [5.74, 6) is 1.12. The molecule has 1 aliphatic heterocycles. The number of benzene rings is 2. The van der Waals surface area contributed by atoms with Gasteiger partial charge < -0.3 is 14.4 Å². The van der Waals surface area contributed by atoms with Crippen LogP contribution < -0.4 is 9.47 Å². The molecule has 2 aromatic carbocycles. The molecule has 7 heteroatoms. The normalized spacial score (nSPS) is 17.9. The van der Waals surface area contributed by atoms with Gasteiger partial charge in [0, 0.05) is 12.6 Å². The predicted octanol–water partition coefficient (Wildman–Crippen LogP) is 2.92. The van der Waals surface area contributed by atoms with E-state index in [1.165, 1.54) is 0 Å². The molecular weight excluding hydrogens is 378 g/mol. The molecule has 0 N–H and O–H groups in total. The molecule has 6 nitrogen and oxygen atoms in total. The second-order valence-electron chi connectivity index (χ2n) is 6.77. The zero-order valence-corrected chi connectivity index (χ0v) is 16.9. The Kier molecular flexibility index (Phi) is 6.24. The molecule has 0 spiro atoms. The van der Waals surface area contributed by atoms with Crippen molar-refractivity contribution in [3.8, 4) is 11.5 Å².